The summed E-state index contributed by atoms with van der Waals surface area (Å²) >= 11 is 1.41. The van der Waals surface area contributed by atoms with E-state index in [1.165, 1.54) is 24.0 Å². The van der Waals surface area contributed by atoms with Crippen LogP contribution in [0.4, 0.5) is 0 Å². The number of thiophene rings is 1. The lowest BCUT2D eigenvalue weighted by atomic mass is 9.92. The molecule has 0 spiro atoms. The van der Waals surface area contributed by atoms with Gasteiger partial charge in [-0.1, -0.05) is 13.8 Å². The molecule has 2 rings (SSSR count). The zero-order valence-corrected chi connectivity index (χ0v) is 12.2. The second-order valence-electron chi connectivity index (χ2n) is 4.43. The lowest BCUT2D eigenvalue weighted by Gasteiger charge is -2.14. The number of hydrogen-bond acceptors (Lipinski definition) is 4. The van der Waals surface area contributed by atoms with Gasteiger partial charge >= 0.3 is 5.97 Å². The van der Waals surface area contributed by atoms with Crippen molar-refractivity contribution < 1.29 is 9.53 Å². The van der Waals surface area contributed by atoms with E-state index in [1.807, 2.05) is 23.7 Å². The molecule has 2 aromatic heterocycles. The Morgan fingerprint density at radius 3 is 2.89 bits per heavy atom. The van der Waals surface area contributed by atoms with E-state index in [4.69, 9.17) is 4.74 Å². The Labute approximate surface area is 117 Å². The van der Waals surface area contributed by atoms with E-state index in [0.717, 1.165) is 17.5 Å². The summed E-state index contributed by atoms with van der Waals surface area (Å²) in [5.74, 6) is 0.131. The lowest BCUT2D eigenvalue weighted by molar-refractivity contribution is 0.0607. The van der Waals surface area contributed by atoms with E-state index < -0.39 is 0 Å². The highest BCUT2D eigenvalue weighted by Gasteiger charge is 2.18. The summed E-state index contributed by atoms with van der Waals surface area (Å²) in [6, 6.07) is 3.94. The summed E-state index contributed by atoms with van der Waals surface area (Å²) in [6.45, 7) is 4.32. The third-order valence-electron chi connectivity index (χ3n) is 3.32. The van der Waals surface area contributed by atoms with Gasteiger partial charge in [0.15, 0.2) is 0 Å². The Morgan fingerprint density at radius 2 is 2.21 bits per heavy atom. The number of carbonyl (C=O) groups excluding carboxylic acids is 1. The number of hydrogen-bond donors (Lipinski definition) is 0. The van der Waals surface area contributed by atoms with Crippen LogP contribution in [-0.2, 0) is 4.74 Å². The van der Waals surface area contributed by atoms with E-state index in [0.29, 0.717) is 10.8 Å². The van der Waals surface area contributed by atoms with Gasteiger partial charge < -0.3 is 4.74 Å². The van der Waals surface area contributed by atoms with Gasteiger partial charge in [0.2, 0.25) is 0 Å². The molecule has 4 heteroatoms. The normalized spacial score (nSPS) is 12.2. The molecule has 1 atom stereocenters. The van der Waals surface area contributed by atoms with Crippen LogP contribution in [0.25, 0.3) is 11.1 Å². The average Bonchev–Trinajstić information content (AvgIpc) is 2.94. The van der Waals surface area contributed by atoms with Crippen LogP contribution in [0.1, 0.15) is 41.4 Å². The van der Waals surface area contributed by atoms with Gasteiger partial charge in [-0.15, -0.1) is 11.3 Å². The van der Waals surface area contributed by atoms with Gasteiger partial charge in [-0.3, -0.25) is 4.98 Å². The molecular formula is C15H17NO2S. The molecule has 0 amide bonds. The molecule has 19 heavy (non-hydrogen) atoms. The topological polar surface area (TPSA) is 39.2 Å². The first-order chi connectivity index (χ1) is 9.19. The van der Waals surface area contributed by atoms with Crippen molar-refractivity contribution in [2.45, 2.75) is 26.2 Å². The quantitative estimate of drug-likeness (QED) is 0.788. The van der Waals surface area contributed by atoms with Gasteiger partial charge in [0.1, 0.15) is 4.88 Å². The fraction of sp³-hybridized carbons (Fsp3) is 0.333. The van der Waals surface area contributed by atoms with Crippen molar-refractivity contribution in [3.63, 3.8) is 0 Å². The molecular weight excluding hydrogens is 258 g/mol. The number of pyridine rings is 1. The largest absolute Gasteiger partial charge is 0.465 e. The van der Waals surface area contributed by atoms with Crippen LogP contribution in [0.5, 0.6) is 0 Å². The van der Waals surface area contributed by atoms with Crippen molar-refractivity contribution in [1.29, 1.82) is 0 Å². The maximum absolute atomic E-state index is 11.8. The minimum absolute atomic E-state index is 0.281. The minimum Gasteiger partial charge on any atom is -0.465 e. The Hall–Kier alpha value is -1.68. The molecule has 0 aliphatic carbocycles. The smallest absolute Gasteiger partial charge is 0.348 e. The van der Waals surface area contributed by atoms with Crippen molar-refractivity contribution in [2.75, 3.05) is 7.11 Å². The van der Waals surface area contributed by atoms with Crippen LogP contribution in [0.3, 0.4) is 0 Å². The summed E-state index contributed by atoms with van der Waals surface area (Å²) in [7, 11) is 1.41. The van der Waals surface area contributed by atoms with Gasteiger partial charge in [0.05, 0.1) is 7.11 Å². The number of ether oxygens (including phenoxy) is 1. The number of aromatic nitrogens is 1. The predicted octanol–water partition coefficient (Wildman–Crippen LogP) is 4.11. The molecule has 3 nitrogen and oxygen atoms in total. The Kier molecular flexibility index (Phi) is 4.32. The maximum atomic E-state index is 11.8. The zero-order chi connectivity index (χ0) is 13.8. The molecule has 1 unspecified atom stereocenters. The highest BCUT2D eigenvalue weighted by molar-refractivity contribution is 7.12. The maximum Gasteiger partial charge on any atom is 0.348 e. The molecule has 0 saturated heterocycles. The fourth-order valence-corrected chi connectivity index (χ4v) is 2.86. The second kappa shape index (κ2) is 5.97. The highest BCUT2D eigenvalue weighted by Crippen LogP contribution is 2.34. The van der Waals surface area contributed by atoms with Gasteiger partial charge in [-0.25, -0.2) is 4.79 Å². The van der Waals surface area contributed by atoms with Gasteiger partial charge in [-0.05, 0) is 41.0 Å². The highest BCUT2D eigenvalue weighted by atomic mass is 32.1. The van der Waals surface area contributed by atoms with Crippen molar-refractivity contribution in [2.24, 2.45) is 0 Å². The lowest BCUT2D eigenvalue weighted by Crippen LogP contribution is -2.02. The van der Waals surface area contributed by atoms with E-state index in [1.54, 1.807) is 6.20 Å². The Bertz CT molecular complexity index is 577. The molecule has 2 aromatic rings. The molecule has 0 aromatic carbocycles. The fourth-order valence-electron chi connectivity index (χ4n) is 2.04. The van der Waals surface area contributed by atoms with Crippen molar-refractivity contribution in [1.82, 2.24) is 4.98 Å². The molecule has 0 aliphatic rings. The monoisotopic (exact) mass is 275 g/mol. The Morgan fingerprint density at radius 1 is 1.42 bits per heavy atom. The number of rotatable bonds is 4. The van der Waals surface area contributed by atoms with Gasteiger partial charge in [-0.2, -0.15) is 0 Å². The number of carbonyl (C=O) groups is 1. The standard InChI is InChI=1S/C15H17NO2S/c1-4-10(2)13-9-16-7-5-11(13)12-6-8-19-14(12)15(17)18-3/h5-10H,4H2,1-3H3. The van der Waals surface area contributed by atoms with Crippen LogP contribution in [-0.4, -0.2) is 18.1 Å². The summed E-state index contributed by atoms with van der Waals surface area (Å²) in [5.41, 5.74) is 3.19. The predicted molar refractivity (Wildman–Crippen MR) is 77.6 cm³/mol. The molecule has 0 N–H and O–H groups in total. The molecule has 100 valence electrons. The van der Waals surface area contributed by atoms with Crippen LogP contribution < -0.4 is 0 Å². The summed E-state index contributed by atoms with van der Waals surface area (Å²) < 4.78 is 4.84. The number of nitrogens with zero attached hydrogens (tertiary/aromatic N) is 1. The van der Waals surface area contributed by atoms with Crippen LogP contribution in [0.15, 0.2) is 29.9 Å². The van der Waals surface area contributed by atoms with Crippen LogP contribution in [0, 0.1) is 0 Å². The Balaban J connectivity index is 2.54. The molecule has 0 aliphatic heterocycles. The molecule has 0 fully saturated rings. The molecule has 0 radical (unpaired) electrons. The SMILES string of the molecule is CCC(C)c1cnccc1-c1ccsc1C(=O)OC. The van der Waals surface area contributed by atoms with Gasteiger partial charge in [0, 0.05) is 18.0 Å². The third kappa shape index (κ3) is 2.68. The van der Waals surface area contributed by atoms with Crippen LogP contribution in [0.2, 0.25) is 0 Å². The minimum atomic E-state index is -0.281. The van der Waals surface area contributed by atoms with Crippen LogP contribution >= 0.6 is 11.3 Å². The van der Waals surface area contributed by atoms with E-state index in [-0.39, 0.29) is 5.97 Å². The van der Waals surface area contributed by atoms with Crippen molar-refractivity contribution in [3.8, 4) is 11.1 Å². The molecule has 0 bridgehead atoms. The third-order valence-corrected chi connectivity index (χ3v) is 4.22. The first-order valence-electron chi connectivity index (χ1n) is 6.29. The first kappa shape index (κ1) is 13.7. The number of esters is 1. The van der Waals surface area contributed by atoms with Crippen molar-refractivity contribution >= 4 is 17.3 Å². The first-order valence-corrected chi connectivity index (χ1v) is 7.17. The van der Waals surface area contributed by atoms with E-state index in [2.05, 4.69) is 18.8 Å². The summed E-state index contributed by atoms with van der Waals surface area (Å²) in [6.07, 6.45) is 4.69. The van der Waals surface area contributed by atoms with E-state index in [9.17, 15) is 4.79 Å². The zero-order valence-electron chi connectivity index (χ0n) is 11.3. The van der Waals surface area contributed by atoms with E-state index >= 15 is 0 Å². The summed E-state index contributed by atoms with van der Waals surface area (Å²) in [4.78, 5) is 16.6. The number of methoxy groups -OCH3 is 1. The molecule has 0 saturated carbocycles. The van der Waals surface area contributed by atoms with Crippen molar-refractivity contribution in [3.05, 3.63) is 40.3 Å². The summed E-state index contributed by atoms with van der Waals surface area (Å²) in [5, 5.41) is 1.92. The average molecular weight is 275 g/mol. The second-order valence-corrected chi connectivity index (χ2v) is 5.34. The molecule has 2 heterocycles. The van der Waals surface area contributed by atoms with Gasteiger partial charge in [0.25, 0.3) is 0 Å².